The van der Waals surface area contributed by atoms with Crippen molar-refractivity contribution < 1.29 is 9.15 Å². The molecule has 1 fully saturated rings. The van der Waals surface area contributed by atoms with Gasteiger partial charge < -0.3 is 14.1 Å². The van der Waals surface area contributed by atoms with Crippen LogP contribution < -0.4 is 10.4 Å². The average Bonchev–Trinajstić information content (AvgIpc) is 2.62. The third kappa shape index (κ3) is 4.74. The van der Waals surface area contributed by atoms with Crippen LogP contribution in [0, 0.1) is 0 Å². The minimum atomic E-state index is -0.328. The maximum atomic E-state index is 11.7. The molecular weight excluding hydrogens is 328 g/mol. The van der Waals surface area contributed by atoms with Crippen LogP contribution in [0.15, 0.2) is 45.1 Å². The fourth-order valence-corrected chi connectivity index (χ4v) is 3.16. The third-order valence-electron chi connectivity index (χ3n) is 4.83. The number of allylic oxidation sites excluding steroid dienone is 2. The van der Waals surface area contributed by atoms with Crippen molar-refractivity contribution in [1.29, 1.82) is 0 Å². The molecule has 140 valence electrons. The molecular formula is C21H28N2O3. The number of rotatable bonds is 6. The van der Waals surface area contributed by atoms with Crippen molar-refractivity contribution in [2.45, 2.75) is 20.3 Å². The first-order valence-electron chi connectivity index (χ1n) is 9.26. The monoisotopic (exact) mass is 356 g/mol. The van der Waals surface area contributed by atoms with E-state index in [0.717, 1.165) is 49.4 Å². The highest BCUT2D eigenvalue weighted by Gasteiger charge is 2.15. The van der Waals surface area contributed by atoms with Gasteiger partial charge in [-0.25, -0.2) is 4.79 Å². The third-order valence-corrected chi connectivity index (χ3v) is 4.83. The molecule has 1 aliphatic heterocycles. The van der Waals surface area contributed by atoms with Crippen LogP contribution in [-0.4, -0.2) is 56.2 Å². The Morgan fingerprint density at radius 1 is 1.15 bits per heavy atom. The van der Waals surface area contributed by atoms with Crippen molar-refractivity contribution in [3.63, 3.8) is 0 Å². The second-order valence-corrected chi connectivity index (χ2v) is 7.19. The Hall–Kier alpha value is -2.11. The molecule has 0 unspecified atom stereocenters. The maximum absolute atomic E-state index is 11.7. The van der Waals surface area contributed by atoms with Crippen molar-refractivity contribution in [3.8, 4) is 5.75 Å². The minimum Gasteiger partial charge on any atom is -0.492 e. The van der Waals surface area contributed by atoms with Crippen LogP contribution >= 0.6 is 0 Å². The molecule has 3 rings (SSSR count). The Bertz CT molecular complexity index is 829. The zero-order valence-electron chi connectivity index (χ0n) is 16.0. The number of nitrogens with zero attached hydrogens (tertiary/aromatic N) is 2. The Morgan fingerprint density at radius 2 is 1.88 bits per heavy atom. The normalized spacial score (nSPS) is 16.0. The lowest BCUT2D eigenvalue weighted by molar-refractivity contribution is 0.133. The first-order valence-corrected chi connectivity index (χ1v) is 9.26. The van der Waals surface area contributed by atoms with Crippen molar-refractivity contribution >= 4 is 11.0 Å². The van der Waals surface area contributed by atoms with Gasteiger partial charge in [0.05, 0.1) is 0 Å². The van der Waals surface area contributed by atoms with E-state index in [1.165, 1.54) is 11.6 Å². The number of ether oxygens (including phenoxy) is 1. The summed E-state index contributed by atoms with van der Waals surface area (Å²) < 4.78 is 11.6. The fourth-order valence-electron chi connectivity index (χ4n) is 3.16. The molecule has 26 heavy (non-hydrogen) atoms. The number of hydrogen-bond acceptors (Lipinski definition) is 5. The summed E-state index contributed by atoms with van der Waals surface area (Å²) in [7, 11) is 2.16. The summed E-state index contributed by atoms with van der Waals surface area (Å²) in [5, 5.41) is 0.924. The Labute approximate surface area is 154 Å². The summed E-state index contributed by atoms with van der Waals surface area (Å²) in [5.41, 5.74) is 2.47. The summed E-state index contributed by atoms with van der Waals surface area (Å²) >= 11 is 0. The predicted octanol–water partition coefficient (Wildman–Crippen LogP) is 2.93. The molecule has 1 aromatic carbocycles. The minimum absolute atomic E-state index is 0.328. The van der Waals surface area contributed by atoms with E-state index in [1.807, 2.05) is 12.1 Å². The molecule has 5 heteroatoms. The molecule has 5 nitrogen and oxygen atoms in total. The van der Waals surface area contributed by atoms with Gasteiger partial charge in [0.2, 0.25) is 0 Å². The summed E-state index contributed by atoms with van der Waals surface area (Å²) in [5.74, 6) is 0.804. The van der Waals surface area contributed by atoms with Crippen LogP contribution in [0.4, 0.5) is 0 Å². The van der Waals surface area contributed by atoms with Crippen LogP contribution in [0.3, 0.4) is 0 Å². The second kappa shape index (κ2) is 8.52. The fraction of sp³-hybridized carbons (Fsp3) is 0.476. The molecule has 1 aromatic heterocycles. The standard InChI is InChI=1S/C21H28N2O3/c1-16(2)4-7-18-19(8-5-17-6-9-20(24)26-21(17)18)25-15-14-23-12-10-22(3)11-13-23/h4-6,8-9H,7,10-15H2,1-3H3. The van der Waals surface area contributed by atoms with E-state index in [4.69, 9.17) is 9.15 Å². The van der Waals surface area contributed by atoms with Gasteiger partial charge >= 0.3 is 5.63 Å². The summed E-state index contributed by atoms with van der Waals surface area (Å²) in [6.45, 7) is 10.0. The van der Waals surface area contributed by atoms with E-state index >= 15 is 0 Å². The van der Waals surface area contributed by atoms with Gasteiger partial charge in [0.25, 0.3) is 0 Å². The molecule has 0 amide bonds. The molecule has 0 radical (unpaired) electrons. The quantitative estimate of drug-likeness (QED) is 0.588. The van der Waals surface area contributed by atoms with Gasteiger partial charge in [0.15, 0.2) is 0 Å². The SMILES string of the molecule is CC(C)=CCc1c(OCCN2CCN(C)CC2)ccc2ccc(=O)oc12. The lowest BCUT2D eigenvalue weighted by Gasteiger charge is -2.32. The zero-order chi connectivity index (χ0) is 18.5. The Kier molecular flexibility index (Phi) is 6.12. The van der Waals surface area contributed by atoms with Crippen LogP contribution in [0.25, 0.3) is 11.0 Å². The smallest absolute Gasteiger partial charge is 0.336 e. The molecule has 0 N–H and O–H groups in total. The topological polar surface area (TPSA) is 45.9 Å². The van der Waals surface area contributed by atoms with Gasteiger partial charge in [-0.1, -0.05) is 11.6 Å². The largest absolute Gasteiger partial charge is 0.492 e. The molecule has 2 heterocycles. The van der Waals surface area contributed by atoms with E-state index in [9.17, 15) is 4.79 Å². The summed E-state index contributed by atoms with van der Waals surface area (Å²) in [4.78, 5) is 16.5. The number of fused-ring (bicyclic) bond motifs is 1. The molecule has 0 bridgehead atoms. The van der Waals surface area contributed by atoms with E-state index in [1.54, 1.807) is 6.07 Å². The molecule has 2 aromatic rings. The molecule has 0 atom stereocenters. The van der Waals surface area contributed by atoms with Crippen molar-refractivity contribution in [3.05, 3.63) is 51.9 Å². The lowest BCUT2D eigenvalue weighted by Crippen LogP contribution is -2.45. The van der Waals surface area contributed by atoms with E-state index < -0.39 is 0 Å². The van der Waals surface area contributed by atoms with Crippen molar-refractivity contribution in [2.24, 2.45) is 0 Å². The number of benzene rings is 1. The maximum Gasteiger partial charge on any atom is 0.336 e. The second-order valence-electron chi connectivity index (χ2n) is 7.19. The number of piperazine rings is 1. The molecule has 0 spiro atoms. The summed E-state index contributed by atoms with van der Waals surface area (Å²) in [6.07, 6.45) is 2.82. The van der Waals surface area contributed by atoms with E-state index in [0.29, 0.717) is 18.6 Å². The van der Waals surface area contributed by atoms with E-state index in [2.05, 4.69) is 36.8 Å². The van der Waals surface area contributed by atoms with Crippen LogP contribution in [0.1, 0.15) is 19.4 Å². The lowest BCUT2D eigenvalue weighted by atomic mass is 10.1. The van der Waals surface area contributed by atoms with Crippen molar-refractivity contribution in [1.82, 2.24) is 9.80 Å². The summed E-state index contributed by atoms with van der Waals surface area (Å²) in [6, 6.07) is 7.21. The van der Waals surface area contributed by atoms with Gasteiger partial charge in [0.1, 0.15) is 17.9 Å². The first-order chi connectivity index (χ1) is 12.5. The van der Waals surface area contributed by atoms with Crippen LogP contribution in [-0.2, 0) is 6.42 Å². The average molecular weight is 356 g/mol. The van der Waals surface area contributed by atoms with Crippen LogP contribution in [0.5, 0.6) is 5.75 Å². The number of hydrogen-bond donors (Lipinski definition) is 0. The van der Waals surface area contributed by atoms with Gasteiger partial charge in [-0.3, -0.25) is 4.90 Å². The van der Waals surface area contributed by atoms with Crippen LogP contribution in [0.2, 0.25) is 0 Å². The Balaban J connectivity index is 1.76. The zero-order valence-corrected chi connectivity index (χ0v) is 16.0. The Morgan fingerprint density at radius 3 is 2.62 bits per heavy atom. The van der Waals surface area contributed by atoms with Crippen molar-refractivity contribution in [2.75, 3.05) is 46.4 Å². The molecule has 1 saturated heterocycles. The highest BCUT2D eigenvalue weighted by Crippen LogP contribution is 2.28. The van der Waals surface area contributed by atoms with E-state index in [-0.39, 0.29) is 5.63 Å². The van der Waals surface area contributed by atoms with Gasteiger partial charge in [-0.05, 0) is 45.5 Å². The molecule has 0 saturated carbocycles. The predicted molar refractivity (Wildman–Crippen MR) is 105 cm³/mol. The van der Waals surface area contributed by atoms with Gasteiger partial charge in [-0.15, -0.1) is 0 Å². The molecule has 1 aliphatic rings. The first kappa shape index (κ1) is 18.7. The van der Waals surface area contributed by atoms with Gasteiger partial charge in [-0.2, -0.15) is 0 Å². The van der Waals surface area contributed by atoms with Gasteiger partial charge in [0, 0.05) is 49.7 Å². The molecule has 0 aliphatic carbocycles. The highest BCUT2D eigenvalue weighted by molar-refractivity contribution is 5.82. The highest BCUT2D eigenvalue weighted by atomic mass is 16.5. The number of likely N-dealkylation sites (N-methyl/N-ethyl adjacent to an activating group) is 1.